The average Bonchev–Trinajstić information content (AvgIpc) is 2.32. The maximum absolute atomic E-state index is 13.9. The number of para-hydroxylation sites is 1. The van der Waals surface area contributed by atoms with Gasteiger partial charge in [0.2, 0.25) is 0 Å². The van der Waals surface area contributed by atoms with E-state index in [4.69, 9.17) is 0 Å². The lowest BCUT2D eigenvalue weighted by molar-refractivity contribution is 0.580. The van der Waals surface area contributed by atoms with Gasteiger partial charge in [-0.3, -0.25) is 9.65 Å². The van der Waals surface area contributed by atoms with Crippen molar-refractivity contribution in [3.05, 3.63) is 54.6 Å². The van der Waals surface area contributed by atoms with Crippen LogP contribution in [0.4, 0.5) is 15.8 Å². The Morgan fingerprint density at radius 1 is 1.17 bits per heavy atom. The molecular formula is C13H14FN2OP. The van der Waals surface area contributed by atoms with Crippen molar-refractivity contribution in [1.82, 2.24) is 4.98 Å². The largest absolute Gasteiger partial charge is 0.300 e. The molecule has 2 aromatic rings. The van der Waals surface area contributed by atoms with Crippen LogP contribution < -0.4 is 4.67 Å². The molecule has 0 aliphatic heterocycles. The predicted octanol–water partition coefficient (Wildman–Crippen LogP) is 3.90. The fourth-order valence-electron chi connectivity index (χ4n) is 1.78. The Labute approximate surface area is 106 Å². The summed E-state index contributed by atoms with van der Waals surface area (Å²) in [6.45, 7) is 3.21. The second-order valence-corrected chi connectivity index (χ2v) is 7.26. The molecule has 0 saturated heterocycles. The van der Waals surface area contributed by atoms with Crippen LogP contribution in [0.1, 0.15) is 0 Å². The molecule has 0 spiro atoms. The van der Waals surface area contributed by atoms with Gasteiger partial charge in [0.1, 0.15) is 5.82 Å². The number of anilines is 2. The van der Waals surface area contributed by atoms with E-state index in [1.165, 1.54) is 10.7 Å². The van der Waals surface area contributed by atoms with E-state index in [0.29, 0.717) is 11.4 Å². The molecule has 94 valence electrons. The molecule has 1 aromatic heterocycles. The zero-order valence-corrected chi connectivity index (χ0v) is 11.1. The Hall–Kier alpha value is -1.67. The van der Waals surface area contributed by atoms with Gasteiger partial charge in [0.05, 0.1) is 17.6 Å². The van der Waals surface area contributed by atoms with Crippen LogP contribution in [0.25, 0.3) is 0 Å². The molecule has 1 heterocycles. The summed E-state index contributed by atoms with van der Waals surface area (Å²) in [5.41, 5.74) is 0.926. The van der Waals surface area contributed by atoms with Gasteiger partial charge in [-0.25, -0.2) is 4.39 Å². The summed E-state index contributed by atoms with van der Waals surface area (Å²) in [4.78, 5) is 3.99. The van der Waals surface area contributed by atoms with Crippen molar-refractivity contribution in [3.8, 4) is 0 Å². The zero-order chi connectivity index (χ0) is 13.2. The smallest absolute Gasteiger partial charge is 0.171 e. The van der Waals surface area contributed by atoms with Gasteiger partial charge in [0.15, 0.2) is 7.29 Å². The van der Waals surface area contributed by atoms with E-state index in [1.54, 1.807) is 56.1 Å². The van der Waals surface area contributed by atoms with Crippen LogP contribution in [0, 0.1) is 5.82 Å². The molecule has 0 bridgehead atoms. The van der Waals surface area contributed by atoms with Crippen molar-refractivity contribution in [2.24, 2.45) is 0 Å². The molecule has 0 aliphatic rings. The monoisotopic (exact) mass is 264 g/mol. The highest BCUT2D eigenvalue weighted by atomic mass is 31.2. The number of aromatic nitrogens is 1. The van der Waals surface area contributed by atoms with E-state index in [2.05, 4.69) is 4.98 Å². The molecule has 0 fully saturated rings. The number of rotatable bonds is 3. The van der Waals surface area contributed by atoms with Crippen LogP contribution in [0.5, 0.6) is 0 Å². The average molecular weight is 264 g/mol. The van der Waals surface area contributed by atoms with Gasteiger partial charge in [-0.1, -0.05) is 12.1 Å². The van der Waals surface area contributed by atoms with Gasteiger partial charge < -0.3 is 4.57 Å². The van der Waals surface area contributed by atoms with E-state index in [0.717, 1.165) is 0 Å². The third kappa shape index (κ3) is 2.59. The van der Waals surface area contributed by atoms with Gasteiger partial charge in [0, 0.05) is 19.5 Å². The number of hydrogen-bond acceptors (Lipinski definition) is 2. The Kier molecular flexibility index (Phi) is 3.48. The topological polar surface area (TPSA) is 33.2 Å². The molecule has 0 atom stereocenters. The SMILES string of the molecule is CP(C)(=O)N(c1cccnc1)c1ccccc1F. The van der Waals surface area contributed by atoms with E-state index >= 15 is 0 Å². The van der Waals surface area contributed by atoms with Crippen LogP contribution in [0.15, 0.2) is 48.8 Å². The molecule has 0 aliphatic carbocycles. The minimum absolute atomic E-state index is 0.304. The first-order valence-corrected chi connectivity index (χ1v) is 8.05. The van der Waals surface area contributed by atoms with E-state index in [1.807, 2.05) is 0 Å². The molecule has 0 amide bonds. The molecule has 3 nitrogen and oxygen atoms in total. The van der Waals surface area contributed by atoms with Crippen molar-refractivity contribution < 1.29 is 8.96 Å². The molecule has 0 N–H and O–H groups in total. The van der Waals surface area contributed by atoms with Crippen molar-refractivity contribution in [2.45, 2.75) is 0 Å². The first-order chi connectivity index (χ1) is 8.50. The van der Waals surface area contributed by atoms with Gasteiger partial charge in [-0.05, 0) is 24.3 Å². The minimum Gasteiger partial charge on any atom is -0.300 e. The van der Waals surface area contributed by atoms with Crippen LogP contribution >= 0.6 is 7.29 Å². The van der Waals surface area contributed by atoms with Crippen LogP contribution in [-0.4, -0.2) is 18.3 Å². The lowest BCUT2D eigenvalue weighted by Gasteiger charge is -2.28. The summed E-state index contributed by atoms with van der Waals surface area (Å²) in [5, 5.41) is 0. The molecule has 0 unspecified atom stereocenters. The third-order valence-corrected chi connectivity index (χ3v) is 3.86. The summed E-state index contributed by atoms with van der Waals surface area (Å²) < 4.78 is 27.8. The van der Waals surface area contributed by atoms with Crippen molar-refractivity contribution in [3.63, 3.8) is 0 Å². The normalized spacial score (nSPS) is 11.3. The second-order valence-electron chi connectivity index (χ2n) is 4.27. The van der Waals surface area contributed by atoms with E-state index in [-0.39, 0.29) is 0 Å². The fourth-order valence-corrected chi connectivity index (χ4v) is 3.13. The van der Waals surface area contributed by atoms with Crippen LogP contribution in [-0.2, 0) is 4.57 Å². The lowest BCUT2D eigenvalue weighted by atomic mass is 10.3. The Morgan fingerprint density at radius 2 is 1.89 bits per heavy atom. The summed E-state index contributed by atoms with van der Waals surface area (Å²) in [6.07, 6.45) is 3.20. The minimum atomic E-state index is -2.69. The Balaban J connectivity index is 2.59. The molecule has 0 radical (unpaired) electrons. The molecular weight excluding hydrogens is 250 g/mol. The van der Waals surface area contributed by atoms with Crippen LogP contribution in [0.2, 0.25) is 0 Å². The van der Waals surface area contributed by atoms with E-state index < -0.39 is 13.1 Å². The highest BCUT2D eigenvalue weighted by Gasteiger charge is 2.24. The fraction of sp³-hybridized carbons (Fsp3) is 0.154. The van der Waals surface area contributed by atoms with Gasteiger partial charge in [0.25, 0.3) is 0 Å². The standard InChI is InChI=1S/C13H14FN2OP/c1-18(2,17)16(11-6-5-9-15-10-11)13-8-4-3-7-12(13)14/h3-10H,1-2H3. The van der Waals surface area contributed by atoms with Gasteiger partial charge in [-0.2, -0.15) is 0 Å². The summed E-state index contributed by atoms with van der Waals surface area (Å²) in [5.74, 6) is -0.398. The number of hydrogen-bond donors (Lipinski definition) is 0. The summed E-state index contributed by atoms with van der Waals surface area (Å²) >= 11 is 0. The highest BCUT2D eigenvalue weighted by molar-refractivity contribution is 7.64. The lowest BCUT2D eigenvalue weighted by Crippen LogP contribution is -2.13. The predicted molar refractivity (Wildman–Crippen MR) is 72.2 cm³/mol. The maximum atomic E-state index is 13.9. The molecule has 2 rings (SSSR count). The molecule has 18 heavy (non-hydrogen) atoms. The van der Waals surface area contributed by atoms with Gasteiger partial charge in [-0.15, -0.1) is 0 Å². The molecule has 5 heteroatoms. The summed E-state index contributed by atoms with van der Waals surface area (Å²) in [6, 6.07) is 9.79. The van der Waals surface area contributed by atoms with Crippen molar-refractivity contribution >= 4 is 18.7 Å². The third-order valence-electron chi connectivity index (χ3n) is 2.45. The van der Waals surface area contributed by atoms with E-state index in [9.17, 15) is 8.96 Å². The number of halogens is 1. The summed E-state index contributed by atoms with van der Waals surface area (Å²) in [7, 11) is -2.69. The number of pyridine rings is 1. The maximum Gasteiger partial charge on any atom is 0.171 e. The van der Waals surface area contributed by atoms with Gasteiger partial charge >= 0.3 is 0 Å². The molecule has 0 saturated carbocycles. The zero-order valence-electron chi connectivity index (χ0n) is 10.2. The van der Waals surface area contributed by atoms with Crippen LogP contribution in [0.3, 0.4) is 0 Å². The highest BCUT2D eigenvalue weighted by Crippen LogP contribution is 2.50. The Morgan fingerprint density at radius 3 is 2.44 bits per heavy atom. The quantitative estimate of drug-likeness (QED) is 0.788. The van der Waals surface area contributed by atoms with Crippen molar-refractivity contribution in [2.75, 3.05) is 18.0 Å². The Bertz CT molecular complexity index is 583. The number of benzene rings is 1. The second kappa shape index (κ2) is 4.91. The molecule has 1 aromatic carbocycles. The number of nitrogens with zero attached hydrogens (tertiary/aromatic N) is 2. The first kappa shape index (κ1) is 12.8. The van der Waals surface area contributed by atoms with Crippen molar-refractivity contribution in [1.29, 1.82) is 0 Å². The first-order valence-electron chi connectivity index (χ1n) is 5.50.